The molecule has 192 valence electrons. The van der Waals surface area contributed by atoms with E-state index in [1.165, 1.54) is 5.01 Å². The minimum absolute atomic E-state index is 0.0604. The molecule has 0 aromatic heterocycles. The quantitative estimate of drug-likeness (QED) is 0.282. The van der Waals surface area contributed by atoms with Crippen LogP contribution in [0.3, 0.4) is 0 Å². The molecule has 3 atom stereocenters. The number of amides is 4. The zero-order chi connectivity index (χ0) is 26.0. The number of hydrogen-bond acceptors (Lipinski definition) is 5. The Morgan fingerprint density at radius 1 is 1.09 bits per heavy atom. The summed E-state index contributed by atoms with van der Waals surface area (Å²) < 4.78 is 0. The van der Waals surface area contributed by atoms with Crippen molar-refractivity contribution < 1.29 is 24.4 Å². The Morgan fingerprint density at radius 3 is 2.31 bits per heavy atom. The van der Waals surface area contributed by atoms with Gasteiger partial charge in [-0.15, -0.1) is 0 Å². The van der Waals surface area contributed by atoms with Crippen molar-refractivity contribution in [1.29, 1.82) is 0 Å². The monoisotopic (exact) mass is 486 g/mol. The number of carbonyl (C=O) groups is 4. The molecule has 1 aliphatic heterocycles. The molecule has 0 bridgehead atoms. The minimum Gasteiger partial charge on any atom is -0.344 e. The molecule has 0 saturated carbocycles. The van der Waals surface area contributed by atoms with E-state index in [4.69, 9.17) is 0 Å². The molecule has 9 nitrogen and oxygen atoms in total. The normalized spacial score (nSPS) is 17.3. The van der Waals surface area contributed by atoms with E-state index in [1.54, 1.807) is 11.6 Å². The summed E-state index contributed by atoms with van der Waals surface area (Å²) in [7, 11) is 0. The predicted molar refractivity (Wildman–Crippen MR) is 132 cm³/mol. The van der Waals surface area contributed by atoms with Gasteiger partial charge in [0.1, 0.15) is 6.04 Å². The maximum absolute atomic E-state index is 13.5. The predicted octanol–water partition coefficient (Wildman–Crippen LogP) is 2.67. The molecule has 9 heteroatoms. The van der Waals surface area contributed by atoms with Crippen LogP contribution in [0.25, 0.3) is 6.08 Å². The van der Waals surface area contributed by atoms with Crippen LogP contribution in [0.1, 0.15) is 58.9 Å². The number of allylic oxidation sites excluding steroid dienone is 1. The lowest BCUT2D eigenvalue weighted by Crippen LogP contribution is -2.56. The number of benzene rings is 1. The van der Waals surface area contributed by atoms with E-state index in [0.717, 1.165) is 5.56 Å². The fourth-order valence-corrected chi connectivity index (χ4v) is 4.17. The highest BCUT2D eigenvalue weighted by Crippen LogP contribution is 2.26. The number of hydrogen-bond donors (Lipinski definition) is 4. The lowest BCUT2D eigenvalue weighted by Gasteiger charge is -2.31. The zero-order valence-corrected chi connectivity index (χ0v) is 21.0. The molecule has 1 aliphatic rings. The summed E-state index contributed by atoms with van der Waals surface area (Å²) in [4.78, 5) is 50.8. The first kappa shape index (κ1) is 28.0. The molecule has 4 N–H and O–H groups in total. The summed E-state index contributed by atoms with van der Waals surface area (Å²) in [5, 5.41) is 13.3. The van der Waals surface area contributed by atoms with E-state index in [2.05, 4.69) is 10.7 Å². The summed E-state index contributed by atoms with van der Waals surface area (Å²) in [6.45, 7) is 7.98. The summed E-state index contributed by atoms with van der Waals surface area (Å²) in [5.74, 6) is -3.19. The van der Waals surface area contributed by atoms with Gasteiger partial charge in [0.15, 0.2) is 0 Å². The van der Waals surface area contributed by atoms with Crippen LogP contribution in [-0.4, -0.2) is 46.4 Å². The van der Waals surface area contributed by atoms with Crippen molar-refractivity contribution in [3.05, 3.63) is 42.0 Å². The SMILES string of the molecule is CC(C)C[C@@H](C(=O)NN(CC(C)C)C(=O)[C@@H]1CCC(=O)N1)[C@H](CC=Cc1ccccc1)C(=O)NO. The molecule has 1 fully saturated rings. The van der Waals surface area contributed by atoms with Gasteiger partial charge in [0, 0.05) is 13.0 Å². The van der Waals surface area contributed by atoms with Gasteiger partial charge in [-0.3, -0.25) is 34.8 Å². The first-order chi connectivity index (χ1) is 16.6. The number of rotatable bonds is 11. The van der Waals surface area contributed by atoms with E-state index in [-0.39, 0.29) is 43.0 Å². The van der Waals surface area contributed by atoms with Crippen molar-refractivity contribution in [2.24, 2.45) is 23.7 Å². The maximum Gasteiger partial charge on any atom is 0.263 e. The first-order valence-corrected chi connectivity index (χ1v) is 12.2. The van der Waals surface area contributed by atoms with Crippen LogP contribution < -0.4 is 16.2 Å². The zero-order valence-electron chi connectivity index (χ0n) is 21.0. The number of hydrazine groups is 1. The van der Waals surface area contributed by atoms with Crippen molar-refractivity contribution >= 4 is 29.7 Å². The Kier molecular flexibility index (Phi) is 10.9. The number of nitrogens with zero attached hydrogens (tertiary/aromatic N) is 1. The smallest absolute Gasteiger partial charge is 0.263 e. The highest BCUT2D eigenvalue weighted by molar-refractivity contribution is 5.93. The molecule has 1 aromatic carbocycles. The molecule has 0 radical (unpaired) electrons. The molecular weight excluding hydrogens is 448 g/mol. The lowest BCUT2D eigenvalue weighted by molar-refractivity contribution is -0.148. The van der Waals surface area contributed by atoms with E-state index in [0.29, 0.717) is 12.8 Å². The van der Waals surface area contributed by atoms with Crippen LogP contribution >= 0.6 is 0 Å². The van der Waals surface area contributed by atoms with Gasteiger partial charge in [-0.25, -0.2) is 5.48 Å². The Morgan fingerprint density at radius 2 is 1.77 bits per heavy atom. The second-order valence-corrected chi connectivity index (χ2v) is 9.84. The summed E-state index contributed by atoms with van der Waals surface area (Å²) >= 11 is 0. The second kappa shape index (κ2) is 13.6. The van der Waals surface area contributed by atoms with Crippen LogP contribution in [0, 0.1) is 23.7 Å². The molecular formula is C26H38N4O5. The maximum atomic E-state index is 13.5. The molecule has 1 heterocycles. The van der Waals surface area contributed by atoms with Gasteiger partial charge in [-0.05, 0) is 36.7 Å². The minimum atomic E-state index is -0.843. The molecule has 0 unspecified atom stereocenters. The average molecular weight is 487 g/mol. The second-order valence-electron chi connectivity index (χ2n) is 9.84. The molecule has 0 spiro atoms. The average Bonchev–Trinajstić information content (AvgIpc) is 3.25. The molecule has 1 aromatic rings. The van der Waals surface area contributed by atoms with Gasteiger partial charge in [0.25, 0.3) is 5.91 Å². The fourth-order valence-electron chi connectivity index (χ4n) is 4.17. The van der Waals surface area contributed by atoms with E-state index < -0.39 is 29.7 Å². The van der Waals surface area contributed by atoms with Crippen LogP contribution in [0.15, 0.2) is 36.4 Å². The molecule has 4 amide bonds. The highest BCUT2D eigenvalue weighted by atomic mass is 16.5. The number of nitrogens with one attached hydrogen (secondary N) is 3. The Bertz CT molecular complexity index is 900. The summed E-state index contributed by atoms with van der Waals surface area (Å²) in [6, 6.07) is 8.87. The largest absolute Gasteiger partial charge is 0.344 e. The van der Waals surface area contributed by atoms with Crippen molar-refractivity contribution in [2.75, 3.05) is 6.54 Å². The van der Waals surface area contributed by atoms with Crippen molar-refractivity contribution in [3.8, 4) is 0 Å². The number of hydroxylamine groups is 1. The van der Waals surface area contributed by atoms with Crippen LogP contribution in [0.2, 0.25) is 0 Å². The van der Waals surface area contributed by atoms with Crippen LogP contribution in [0.4, 0.5) is 0 Å². The first-order valence-electron chi connectivity index (χ1n) is 12.2. The van der Waals surface area contributed by atoms with Crippen molar-refractivity contribution in [2.45, 2.75) is 59.4 Å². The van der Waals surface area contributed by atoms with E-state index >= 15 is 0 Å². The Balaban J connectivity index is 2.24. The Labute approximate surface area is 207 Å². The van der Waals surface area contributed by atoms with Gasteiger partial charge in [0.2, 0.25) is 17.7 Å². The molecule has 2 rings (SSSR count). The molecule has 35 heavy (non-hydrogen) atoms. The molecule has 0 aliphatic carbocycles. The standard InChI is InChI=1S/C26H38N4O5/c1-17(2)15-21(20(25(33)29-35)12-8-11-19-9-6-5-7-10-19)24(32)28-30(16-18(3)4)26(34)22-13-14-23(31)27-22/h5-11,17-18,20-22,35H,12-16H2,1-4H3,(H,27,31)(H,28,32)(H,29,33)/t20-,21+,22-/m0/s1. The topological polar surface area (TPSA) is 128 Å². The summed E-state index contributed by atoms with van der Waals surface area (Å²) in [5.41, 5.74) is 5.37. The Hall–Kier alpha value is -3.20. The third kappa shape index (κ3) is 8.83. The van der Waals surface area contributed by atoms with Crippen LogP contribution in [-0.2, 0) is 19.2 Å². The summed E-state index contributed by atoms with van der Waals surface area (Å²) in [6.07, 6.45) is 4.91. The number of carbonyl (C=O) groups excluding carboxylic acids is 4. The van der Waals surface area contributed by atoms with E-state index in [9.17, 15) is 24.4 Å². The van der Waals surface area contributed by atoms with Gasteiger partial charge in [0.05, 0.1) is 11.8 Å². The fraction of sp³-hybridized carbons (Fsp3) is 0.538. The van der Waals surface area contributed by atoms with Crippen molar-refractivity contribution in [3.63, 3.8) is 0 Å². The van der Waals surface area contributed by atoms with E-state index in [1.807, 2.05) is 64.1 Å². The molecule has 1 saturated heterocycles. The lowest BCUT2D eigenvalue weighted by atomic mass is 9.82. The van der Waals surface area contributed by atoms with Gasteiger partial charge in [-0.1, -0.05) is 70.2 Å². The van der Waals surface area contributed by atoms with Crippen LogP contribution in [0.5, 0.6) is 0 Å². The van der Waals surface area contributed by atoms with Crippen molar-refractivity contribution in [1.82, 2.24) is 21.2 Å². The third-order valence-electron chi connectivity index (χ3n) is 5.85. The highest BCUT2D eigenvalue weighted by Gasteiger charge is 2.37. The third-order valence-corrected chi connectivity index (χ3v) is 5.85. The van der Waals surface area contributed by atoms with Gasteiger partial charge < -0.3 is 5.32 Å². The van der Waals surface area contributed by atoms with Gasteiger partial charge >= 0.3 is 0 Å². The van der Waals surface area contributed by atoms with Gasteiger partial charge in [-0.2, -0.15) is 0 Å².